The van der Waals surface area contributed by atoms with Crippen molar-refractivity contribution in [3.63, 3.8) is 0 Å². The van der Waals surface area contributed by atoms with Gasteiger partial charge in [0.15, 0.2) is 0 Å². The van der Waals surface area contributed by atoms with E-state index < -0.39 is 7.32 Å². The highest BCUT2D eigenvalue weighted by atomic mass is 16.8. The summed E-state index contributed by atoms with van der Waals surface area (Å²) in [5.74, 6) is 0. The topological polar surface area (TPSA) is 36.9 Å². The third-order valence-corrected chi connectivity index (χ3v) is 2.43. The summed E-state index contributed by atoms with van der Waals surface area (Å²) in [7, 11) is 0.0475. The Balaban J connectivity index is 1.69. The Hall–Kier alpha value is 0.0348. The number of hydrogen-bond acceptors (Lipinski definition) is 4. The van der Waals surface area contributed by atoms with Crippen LogP contribution in [0.1, 0.15) is 32.1 Å². The molecule has 0 aromatic heterocycles. The fourth-order valence-corrected chi connectivity index (χ4v) is 1.73. The molecular formula is C6H13B3O4. The van der Waals surface area contributed by atoms with E-state index in [9.17, 15) is 0 Å². The highest BCUT2D eigenvalue weighted by molar-refractivity contribution is 6.57. The normalized spacial score (nSPS) is 25.1. The van der Waals surface area contributed by atoms with Crippen LogP contribution in [0.25, 0.3) is 0 Å². The van der Waals surface area contributed by atoms with Gasteiger partial charge in [0.2, 0.25) is 0 Å². The van der Waals surface area contributed by atoms with Gasteiger partial charge in [-0.2, -0.15) is 0 Å². The molecule has 1 heterocycles. The Morgan fingerprint density at radius 1 is 1.08 bits per heavy atom. The summed E-state index contributed by atoms with van der Waals surface area (Å²) in [6, 6.07) is 0. The van der Waals surface area contributed by atoms with Crippen LogP contribution in [0.4, 0.5) is 0 Å². The van der Waals surface area contributed by atoms with Crippen molar-refractivity contribution in [2.75, 3.05) is 0 Å². The van der Waals surface area contributed by atoms with E-state index in [0.717, 1.165) is 12.8 Å². The summed E-state index contributed by atoms with van der Waals surface area (Å²) < 4.78 is 20.7. The number of hydrogen-bond donors (Lipinski definition) is 0. The summed E-state index contributed by atoms with van der Waals surface area (Å²) in [5, 5.41) is 0. The molecule has 0 amide bonds. The molecule has 7 heteroatoms. The second-order valence-electron chi connectivity index (χ2n) is 3.46. The molecule has 2 fully saturated rings. The van der Waals surface area contributed by atoms with E-state index in [1.165, 1.54) is 19.3 Å². The zero-order valence-electron chi connectivity index (χ0n) is 7.74. The van der Waals surface area contributed by atoms with E-state index in [1.807, 2.05) is 0 Å². The number of rotatable bonds is 2. The quantitative estimate of drug-likeness (QED) is 0.559. The van der Waals surface area contributed by atoms with E-state index in [2.05, 4.69) is 0 Å². The van der Waals surface area contributed by atoms with Gasteiger partial charge in [-0.3, -0.25) is 0 Å². The van der Waals surface area contributed by atoms with Crippen molar-refractivity contribution in [3.8, 4) is 0 Å². The van der Waals surface area contributed by atoms with Crippen LogP contribution in [0.2, 0.25) is 0 Å². The summed E-state index contributed by atoms with van der Waals surface area (Å²) >= 11 is 0. The maximum Gasteiger partial charge on any atom is 0.611 e. The van der Waals surface area contributed by atoms with Crippen LogP contribution in [-0.2, 0) is 18.4 Å². The lowest BCUT2D eigenvalue weighted by atomic mass is 9.96. The molecule has 0 spiro atoms. The molecule has 0 bridgehead atoms. The molecule has 0 unspecified atom stereocenters. The predicted octanol–water partition coefficient (Wildman–Crippen LogP) is -0.0830. The second-order valence-corrected chi connectivity index (χ2v) is 3.46. The minimum atomic E-state index is -0.503. The Morgan fingerprint density at radius 2 is 1.77 bits per heavy atom. The van der Waals surface area contributed by atoms with Gasteiger partial charge in [-0.05, 0) is 12.8 Å². The van der Waals surface area contributed by atoms with Crippen LogP contribution in [0.15, 0.2) is 0 Å². The van der Waals surface area contributed by atoms with Gasteiger partial charge in [0.25, 0.3) is 0 Å². The zero-order valence-corrected chi connectivity index (χ0v) is 7.74. The Labute approximate surface area is 80.0 Å². The molecule has 0 aromatic rings. The molecule has 70 valence electrons. The molecule has 13 heavy (non-hydrogen) atoms. The van der Waals surface area contributed by atoms with Crippen LogP contribution in [0.5, 0.6) is 0 Å². The lowest BCUT2D eigenvalue weighted by Crippen LogP contribution is -2.40. The molecule has 0 aromatic carbocycles. The molecule has 1 aliphatic carbocycles. The molecule has 0 N–H and O–H groups in total. The van der Waals surface area contributed by atoms with Crippen LogP contribution >= 0.6 is 0 Å². The summed E-state index contributed by atoms with van der Waals surface area (Å²) in [4.78, 5) is 0. The molecule has 2 aliphatic rings. The smallest absolute Gasteiger partial charge is 0.458 e. The summed E-state index contributed by atoms with van der Waals surface area (Å²) in [6.07, 6.45) is 6.42. The molecule has 1 saturated carbocycles. The molecule has 2 rings (SSSR count). The van der Waals surface area contributed by atoms with Gasteiger partial charge in [-0.25, -0.2) is 0 Å². The lowest BCUT2D eigenvalue weighted by molar-refractivity contribution is 0.0879. The van der Waals surface area contributed by atoms with Crippen molar-refractivity contribution < 1.29 is 18.4 Å². The zero-order chi connectivity index (χ0) is 8.93. The van der Waals surface area contributed by atoms with Crippen molar-refractivity contribution in [1.29, 1.82) is 0 Å². The Morgan fingerprint density at radius 3 is 2.46 bits per heavy atom. The van der Waals surface area contributed by atoms with E-state index >= 15 is 0 Å². The van der Waals surface area contributed by atoms with E-state index in [-0.39, 0.29) is 15.4 Å². The fraction of sp³-hybridized carbons (Fsp3) is 1.00. The monoisotopic (exact) mass is 182 g/mol. The Kier molecular flexibility index (Phi) is 3.72. The van der Waals surface area contributed by atoms with E-state index in [4.69, 9.17) is 18.4 Å². The first-order valence-electron chi connectivity index (χ1n) is 4.91. The maximum atomic E-state index is 5.61. The summed E-state index contributed by atoms with van der Waals surface area (Å²) in [6.45, 7) is 0. The first-order valence-corrected chi connectivity index (χ1v) is 4.91. The van der Waals surface area contributed by atoms with E-state index in [0.29, 0.717) is 6.10 Å². The minimum absolute atomic E-state index is 0.275. The van der Waals surface area contributed by atoms with Crippen molar-refractivity contribution in [1.82, 2.24) is 0 Å². The van der Waals surface area contributed by atoms with Gasteiger partial charge >= 0.3 is 22.7 Å². The first-order chi connectivity index (χ1) is 6.45. The van der Waals surface area contributed by atoms with E-state index in [1.54, 1.807) is 0 Å². The predicted molar refractivity (Wildman–Crippen MR) is 51.3 cm³/mol. The highest BCUT2D eigenvalue weighted by Crippen LogP contribution is 2.21. The first kappa shape index (κ1) is 9.58. The van der Waals surface area contributed by atoms with Crippen LogP contribution in [0.3, 0.4) is 0 Å². The molecule has 1 saturated heterocycles. The average molecular weight is 182 g/mol. The average Bonchev–Trinajstić information content (AvgIpc) is 2.21. The van der Waals surface area contributed by atoms with Gasteiger partial charge in [0, 0.05) is 6.10 Å². The third kappa shape index (κ3) is 3.02. The van der Waals surface area contributed by atoms with Crippen molar-refractivity contribution in [2.45, 2.75) is 38.2 Å². The van der Waals surface area contributed by atoms with Gasteiger partial charge in [0.05, 0.1) is 0 Å². The van der Waals surface area contributed by atoms with Crippen molar-refractivity contribution >= 4 is 22.7 Å². The molecule has 1 aliphatic heterocycles. The van der Waals surface area contributed by atoms with Crippen LogP contribution in [0, 0.1) is 0 Å². The van der Waals surface area contributed by atoms with Gasteiger partial charge < -0.3 is 18.4 Å². The fourth-order valence-electron chi connectivity index (χ4n) is 1.73. The SMILES string of the molecule is B1OBOB(OC2CCCCC2)O1. The molecular weight excluding hydrogens is 168 g/mol. The third-order valence-electron chi connectivity index (χ3n) is 2.43. The maximum absolute atomic E-state index is 5.61. The Bertz CT molecular complexity index is 131. The molecule has 0 atom stereocenters. The minimum Gasteiger partial charge on any atom is -0.458 e. The van der Waals surface area contributed by atoms with Crippen LogP contribution < -0.4 is 0 Å². The van der Waals surface area contributed by atoms with Gasteiger partial charge in [0.1, 0.15) is 0 Å². The highest BCUT2D eigenvalue weighted by Gasteiger charge is 2.29. The van der Waals surface area contributed by atoms with Crippen LogP contribution in [-0.4, -0.2) is 28.8 Å². The largest absolute Gasteiger partial charge is 0.611 e. The molecule has 0 radical (unpaired) electrons. The lowest BCUT2D eigenvalue weighted by Gasteiger charge is -2.26. The van der Waals surface area contributed by atoms with Gasteiger partial charge in [-0.15, -0.1) is 0 Å². The molecule has 4 nitrogen and oxygen atoms in total. The summed E-state index contributed by atoms with van der Waals surface area (Å²) in [5.41, 5.74) is 0. The second kappa shape index (κ2) is 5.05. The standard InChI is InChI=1S/C6H13B3O4/c1-2-4-6(5-3-1)10-9-12-7-11-8-13-9/h6-8H,1-5H2. The van der Waals surface area contributed by atoms with Crippen molar-refractivity contribution in [3.05, 3.63) is 0 Å². The van der Waals surface area contributed by atoms with Gasteiger partial charge in [-0.1, -0.05) is 19.3 Å². The van der Waals surface area contributed by atoms with Crippen molar-refractivity contribution in [2.24, 2.45) is 0 Å².